The molecule has 1 N–H and O–H groups in total. The van der Waals surface area contributed by atoms with Gasteiger partial charge in [-0.15, -0.1) is 0 Å². The summed E-state index contributed by atoms with van der Waals surface area (Å²) >= 11 is 0. The molecule has 0 aliphatic heterocycles. The van der Waals surface area contributed by atoms with Gasteiger partial charge in [-0.05, 0) is 36.0 Å². The van der Waals surface area contributed by atoms with Crippen LogP contribution < -0.4 is 5.56 Å². The number of aromatic nitrogens is 4. The topological polar surface area (TPSA) is 63.6 Å². The second kappa shape index (κ2) is 6.59. The Morgan fingerprint density at radius 1 is 1.21 bits per heavy atom. The zero-order chi connectivity index (χ0) is 17.3. The van der Waals surface area contributed by atoms with Crippen LogP contribution in [-0.2, 0) is 6.42 Å². The molecule has 5 nitrogen and oxygen atoms in total. The van der Waals surface area contributed by atoms with Crippen LogP contribution >= 0.6 is 0 Å². The lowest BCUT2D eigenvalue weighted by Gasteiger charge is -2.23. The van der Waals surface area contributed by atoms with Gasteiger partial charge in [0.05, 0.1) is 23.4 Å². The van der Waals surface area contributed by atoms with E-state index in [0.29, 0.717) is 24.0 Å². The van der Waals surface area contributed by atoms with Crippen molar-refractivity contribution >= 4 is 11.0 Å². The van der Waals surface area contributed by atoms with Crippen LogP contribution in [0.2, 0.25) is 0 Å². The van der Waals surface area contributed by atoms with E-state index in [9.17, 15) is 4.79 Å². The number of nitrogens with zero attached hydrogens (tertiary/aromatic N) is 3. The van der Waals surface area contributed by atoms with Gasteiger partial charge in [0.25, 0.3) is 5.56 Å². The molecule has 0 saturated carbocycles. The molecule has 0 bridgehead atoms. The lowest BCUT2D eigenvalue weighted by atomic mass is 9.95. The Morgan fingerprint density at radius 3 is 2.62 bits per heavy atom. The average molecular weight is 324 g/mol. The Bertz CT molecular complexity index is 878. The van der Waals surface area contributed by atoms with Crippen molar-refractivity contribution in [1.29, 1.82) is 0 Å². The Balaban J connectivity index is 2.06. The quantitative estimate of drug-likeness (QED) is 0.780. The number of fused-ring (bicyclic) bond motifs is 1. The molecule has 3 aromatic rings. The number of benzene rings is 1. The minimum atomic E-state index is -0.0860. The summed E-state index contributed by atoms with van der Waals surface area (Å²) in [5.41, 5.74) is 3.29. The normalized spacial score (nSPS) is 13.1. The van der Waals surface area contributed by atoms with E-state index >= 15 is 0 Å². The maximum atomic E-state index is 12.3. The third kappa shape index (κ3) is 3.25. The van der Waals surface area contributed by atoms with Crippen molar-refractivity contribution in [3.63, 3.8) is 0 Å². The van der Waals surface area contributed by atoms with Crippen LogP contribution in [0.5, 0.6) is 0 Å². The predicted molar refractivity (Wildman–Crippen MR) is 96.1 cm³/mol. The second-order valence-corrected chi connectivity index (χ2v) is 7.09. The first-order valence-electron chi connectivity index (χ1n) is 8.46. The van der Waals surface area contributed by atoms with E-state index in [1.165, 1.54) is 0 Å². The van der Waals surface area contributed by atoms with Crippen molar-refractivity contribution in [2.75, 3.05) is 0 Å². The van der Waals surface area contributed by atoms with Crippen molar-refractivity contribution in [3.05, 3.63) is 58.5 Å². The lowest BCUT2D eigenvalue weighted by Crippen LogP contribution is -2.18. The van der Waals surface area contributed by atoms with E-state index in [1.807, 2.05) is 24.7 Å². The maximum absolute atomic E-state index is 12.3. The van der Waals surface area contributed by atoms with Gasteiger partial charge in [0, 0.05) is 12.4 Å². The molecular formula is C19H24N4O. The van der Waals surface area contributed by atoms with E-state index in [4.69, 9.17) is 0 Å². The van der Waals surface area contributed by atoms with Crippen LogP contribution in [0, 0.1) is 11.8 Å². The van der Waals surface area contributed by atoms with E-state index in [2.05, 4.69) is 53.3 Å². The van der Waals surface area contributed by atoms with Gasteiger partial charge in [-0.25, -0.2) is 9.97 Å². The monoisotopic (exact) mass is 324 g/mol. The van der Waals surface area contributed by atoms with E-state index < -0.39 is 0 Å². The Morgan fingerprint density at radius 2 is 2.00 bits per heavy atom. The summed E-state index contributed by atoms with van der Waals surface area (Å²) in [5.74, 6) is 0.804. The first-order valence-corrected chi connectivity index (χ1v) is 8.46. The molecule has 2 heterocycles. The highest BCUT2D eigenvalue weighted by molar-refractivity contribution is 5.75. The number of aromatic amines is 1. The van der Waals surface area contributed by atoms with Gasteiger partial charge in [0.2, 0.25) is 0 Å². The zero-order valence-corrected chi connectivity index (χ0v) is 14.7. The first kappa shape index (κ1) is 16.4. The Kier molecular flexibility index (Phi) is 4.51. The predicted octanol–water partition coefficient (Wildman–Crippen LogP) is 3.56. The number of H-pyrrole nitrogens is 1. The third-order valence-electron chi connectivity index (χ3n) is 4.21. The smallest absolute Gasteiger partial charge is 0.270 e. The average Bonchev–Trinajstić information content (AvgIpc) is 3.01. The third-order valence-corrected chi connectivity index (χ3v) is 4.21. The highest BCUT2D eigenvalue weighted by Gasteiger charge is 2.18. The Hall–Kier alpha value is -2.43. The number of hydrogen-bond donors (Lipinski definition) is 1. The van der Waals surface area contributed by atoms with Crippen molar-refractivity contribution < 1.29 is 0 Å². The molecular weight excluding hydrogens is 300 g/mol. The molecule has 0 amide bonds. The number of nitrogens with one attached hydrogen (secondary N) is 1. The largest absolute Gasteiger partial charge is 0.330 e. The highest BCUT2D eigenvalue weighted by atomic mass is 16.1. The molecule has 2 aromatic heterocycles. The Labute approximate surface area is 141 Å². The fraction of sp³-hybridized carbons (Fsp3) is 0.421. The van der Waals surface area contributed by atoms with Crippen molar-refractivity contribution in [2.24, 2.45) is 11.8 Å². The first-order chi connectivity index (χ1) is 11.5. The standard InChI is InChI=1S/C19H24N4O/c1-12(2)9-17-19(24)22-16-10-14(5-6-15(16)21-17)18(13(3)4)23-8-7-20-11-23/h5-8,10-13,18H,9H2,1-4H3,(H,22,24). The van der Waals surface area contributed by atoms with Crippen LogP contribution in [0.3, 0.4) is 0 Å². The van der Waals surface area contributed by atoms with Gasteiger partial charge < -0.3 is 9.55 Å². The summed E-state index contributed by atoms with van der Waals surface area (Å²) in [7, 11) is 0. The molecule has 0 aliphatic carbocycles. The van der Waals surface area contributed by atoms with Gasteiger partial charge in [0.1, 0.15) is 5.69 Å². The summed E-state index contributed by atoms with van der Waals surface area (Å²) in [4.78, 5) is 24.0. The molecule has 1 atom stereocenters. The van der Waals surface area contributed by atoms with Gasteiger partial charge in [-0.2, -0.15) is 0 Å². The summed E-state index contributed by atoms with van der Waals surface area (Å²) in [6.45, 7) is 8.54. The number of hydrogen-bond acceptors (Lipinski definition) is 3. The van der Waals surface area contributed by atoms with Gasteiger partial charge in [-0.3, -0.25) is 4.79 Å². The molecule has 5 heteroatoms. The van der Waals surface area contributed by atoms with Crippen LogP contribution in [0.15, 0.2) is 41.7 Å². The summed E-state index contributed by atoms with van der Waals surface area (Å²) in [6, 6.07) is 6.30. The molecule has 3 rings (SSSR count). The molecule has 0 spiro atoms. The van der Waals surface area contributed by atoms with Crippen molar-refractivity contribution in [1.82, 2.24) is 19.5 Å². The summed E-state index contributed by atoms with van der Waals surface area (Å²) in [6.07, 6.45) is 6.29. The maximum Gasteiger partial charge on any atom is 0.270 e. The summed E-state index contributed by atoms with van der Waals surface area (Å²) in [5, 5.41) is 0. The van der Waals surface area contributed by atoms with Crippen LogP contribution in [0.25, 0.3) is 11.0 Å². The van der Waals surface area contributed by atoms with E-state index in [0.717, 1.165) is 16.6 Å². The second-order valence-electron chi connectivity index (χ2n) is 7.09. The number of imidazole rings is 1. The molecule has 0 fully saturated rings. The highest BCUT2D eigenvalue weighted by Crippen LogP contribution is 2.27. The summed E-state index contributed by atoms with van der Waals surface area (Å²) < 4.78 is 2.10. The fourth-order valence-corrected chi connectivity index (χ4v) is 3.19. The van der Waals surface area contributed by atoms with Gasteiger partial charge in [-0.1, -0.05) is 33.8 Å². The van der Waals surface area contributed by atoms with Crippen LogP contribution in [0.1, 0.15) is 45.0 Å². The van der Waals surface area contributed by atoms with Crippen molar-refractivity contribution in [3.8, 4) is 0 Å². The van der Waals surface area contributed by atoms with Gasteiger partial charge in [0.15, 0.2) is 0 Å². The lowest BCUT2D eigenvalue weighted by molar-refractivity contribution is 0.437. The fourth-order valence-electron chi connectivity index (χ4n) is 3.19. The molecule has 0 radical (unpaired) electrons. The van der Waals surface area contributed by atoms with E-state index in [1.54, 1.807) is 6.20 Å². The molecule has 1 aromatic carbocycles. The zero-order valence-electron chi connectivity index (χ0n) is 14.7. The van der Waals surface area contributed by atoms with Gasteiger partial charge >= 0.3 is 0 Å². The molecule has 126 valence electrons. The molecule has 0 saturated heterocycles. The van der Waals surface area contributed by atoms with Crippen molar-refractivity contribution in [2.45, 2.75) is 40.2 Å². The number of rotatable bonds is 5. The molecule has 0 aliphatic rings. The van der Waals surface area contributed by atoms with Crippen LogP contribution in [-0.4, -0.2) is 19.5 Å². The molecule has 1 unspecified atom stereocenters. The minimum Gasteiger partial charge on any atom is -0.330 e. The van der Waals surface area contributed by atoms with Crippen LogP contribution in [0.4, 0.5) is 0 Å². The minimum absolute atomic E-state index is 0.0860. The molecule has 24 heavy (non-hydrogen) atoms. The SMILES string of the molecule is CC(C)Cc1nc2ccc(C(C(C)C)n3ccnc3)cc2[nH]c1=O. The van der Waals surface area contributed by atoms with E-state index in [-0.39, 0.29) is 11.6 Å².